The number of hydrogen-bond donors (Lipinski definition) is 1. The Hall–Kier alpha value is -2.42. The highest BCUT2D eigenvalue weighted by molar-refractivity contribution is 7.10. The third-order valence-electron chi connectivity index (χ3n) is 5.03. The fraction of sp³-hybridized carbons (Fsp3) is 0.273. The molecule has 3 rings (SSSR count). The van der Waals surface area contributed by atoms with Crippen LogP contribution in [0.5, 0.6) is 0 Å². The van der Waals surface area contributed by atoms with E-state index in [2.05, 4.69) is 4.98 Å². The molecule has 0 aliphatic carbocycles. The van der Waals surface area contributed by atoms with Crippen LogP contribution in [0.15, 0.2) is 53.9 Å². The number of rotatable bonds is 7. The molecule has 0 aliphatic rings. The topological polar surface area (TPSA) is 59.2 Å². The van der Waals surface area contributed by atoms with Crippen molar-refractivity contribution in [2.45, 2.75) is 18.0 Å². The minimum Gasteiger partial charge on any atom is -0.369 e. The Morgan fingerprint density at radius 1 is 1.13 bits per heavy atom. The van der Waals surface area contributed by atoms with Crippen LogP contribution in [0.4, 0.5) is 13.2 Å². The van der Waals surface area contributed by atoms with E-state index in [0.717, 1.165) is 17.7 Å². The van der Waals surface area contributed by atoms with E-state index in [0.29, 0.717) is 22.3 Å². The fourth-order valence-electron chi connectivity index (χ4n) is 3.35. The summed E-state index contributed by atoms with van der Waals surface area (Å²) in [7, 11) is 3.63. The molecule has 0 radical (unpaired) electrons. The van der Waals surface area contributed by atoms with E-state index < -0.39 is 23.1 Å². The monoisotopic (exact) mass is 467 g/mol. The predicted molar refractivity (Wildman–Crippen MR) is 117 cm³/mol. The van der Waals surface area contributed by atoms with E-state index in [-0.39, 0.29) is 12.0 Å². The smallest absolute Gasteiger partial charge is 0.369 e. The van der Waals surface area contributed by atoms with Gasteiger partial charge in [0.2, 0.25) is 5.91 Å². The van der Waals surface area contributed by atoms with Gasteiger partial charge in [0, 0.05) is 16.0 Å². The molecule has 0 bridgehead atoms. The summed E-state index contributed by atoms with van der Waals surface area (Å²) >= 11 is 7.26. The number of nitrogens with two attached hydrogens (primary N) is 1. The molecule has 31 heavy (non-hydrogen) atoms. The van der Waals surface area contributed by atoms with Crippen molar-refractivity contribution in [2.24, 2.45) is 5.73 Å². The summed E-state index contributed by atoms with van der Waals surface area (Å²) in [6.45, 7) is 0.422. The zero-order chi connectivity index (χ0) is 22.8. The summed E-state index contributed by atoms with van der Waals surface area (Å²) < 4.78 is 40.2. The number of benzene rings is 2. The lowest BCUT2D eigenvalue weighted by Crippen LogP contribution is -2.44. The molecule has 0 saturated heterocycles. The van der Waals surface area contributed by atoms with E-state index in [9.17, 15) is 18.0 Å². The predicted octanol–water partition coefficient (Wildman–Crippen LogP) is 5.21. The van der Waals surface area contributed by atoms with E-state index in [1.807, 2.05) is 25.1 Å². The molecule has 1 amide bonds. The lowest BCUT2D eigenvalue weighted by Gasteiger charge is -2.31. The Kier molecular flexibility index (Phi) is 6.73. The van der Waals surface area contributed by atoms with Crippen molar-refractivity contribution in [3.8, 4) is 11.3 Å². The van der Waals surface area contributed by atoms with Crippen molar-refractivity contribution >= 4 is 28.8 Å². The summed E-state index contributed by atoms with van der Waals surface area (Å²) in [5.74, 6) is -0.749. The molecule has 3 aromatic rings. The average Bonchev–Trinajstić information content (AvgIpc) is 3.18. The second kappa shape index (κ2) is 8.98. The van der Waals surface area contributed by atoms with Crippen molar-refractivity contribution in [3.63, 3.8) is 0 Å². The second-order valence-corrected chi connectivity index (χ2v) is 8.74. The number of carbonyl (C=O) groups excluding carboxylic acids is 1. The average molecular weight is 468 g/mol. The number of alkyl halides is 3. The Balaban J connectivity index is 2.19. The maximum absolute atomic E-state index is 13.4. The molecule has 164 valence electrons. The fourth-order valence-corrected chi connectivity index (χ4v) is 4.62. The van der Waals surface area contributed by atoms with Crippen molar-refractivity contribution in [2.75, 3.05) is 20.6 Å². The molecule has 9 heteroatoms. The number of thiazole rings is 1. The van der Waals surface area contributed by atoms with Crippen LogP contribution in [0.2, 0.25) is 5.02 Å². The van der Waals surface area contributed by atoms with Gasteiger partial charge in [-0.05, 0) is 50.8 Å². The van der Waals surface area contributed by atoms with Gasteiger partial charge in [0.25, 0.3) is 0 Å². The molecule has 1 atom stereocenters. The Bertz CT molecular complexity index is 1080. The van der Waals surface area contributed by atoms with Crippen LogP contribution in [-0.4, -0.2) is 36.4 Å². The van der Waals surface area contributed by atoms with Crippen LogP contribution in [-0.2, 0) is 16.4 Å². The maximum atomic E-state index is 13.4. The molecule has 0 fully saturated rings. The standard InChI is InChI=1S/C22H21ClF3N3OS/c1-29(2)10-9-21(19(27)30,15-6-4-7-16(12-15)22(24,25)26)20-28-18(13-31-20)14-5-3-8-17(23)11-14/h3-8,11-13H,9-10H2,1-2H3,(H2,27,30). The quantitative estimate of drug-likeness (QED) is 0.519. The number of hydrogen-bond acceptors (Lipinski definition) is 4. The van der Waals surface area contributed by atoms with Crippen LogP contribution >= 0.6 is 22.9 Å². The van der Waals surface area contributed by atoms with Gasteiger partial charge in [-0.25, -0.2) is 4.98 Å². The minimum absolute atomic E-state index is 0.170. The van der Waals surface area contributed by atoms with Gasteiger partial charge in [0.05, 0.1) is 11.3 Å². The van der Waals surface area contributed by atoms with E-state index in [1.54, 1.807) is 23.6 Å². The third-order valence-corrected chi connectivity index (χ3v) is 6.27. The maximum Gasteiger partial charge on any atom is 0.416 e. The third kappa shape index (κ3) is 4.92. The Morgan fingerprint density at radius 3 is 2.42 bits per heavy atom. The number of primary amides is 1. The van der Waals surface area contributed by atoms with Gasteiger partial charge in [0.1, 0.15) is 10.4 Å². The van der Waals surface area contributed by atoms with Crippen molar-refractivity contribution in [3.05, 3.63) is 75.1 Å². The Labute approximate surface area is 187 Å². The SMILES string of the molecule is CN(C)CCC(C(N)=O)(c1cccc(C(F)(F)F)c1)c1nc(-c2cccc(Cl)c2)cs1. The summed E-state index contributed by atoms with van der Waals surface area (Å²) in [5.41, 5.74) is 5.00. The highest BCUT2D eigenvalue weighted by Gasteiger charge is 2.44. The van der Waals surface area contributed by atoms with Gasteiger partial charge in [-0.3, -0.25) is 4.79 Å². The van der Waals surface area contributed by atoms with Gasteiger partial charge >= 0.3 is 6.18 Å². The number of aromatic nitrogens is 1. The molecule has 0 aliphatic heterocycles. The number of amides is 1. The largest absolute Gasteiger partial charge is 0.416 e. The van der Waals surface area contributed by atoms with Crippen molar-refractivity contribution < 1.29 is 18.0 Å². The van der Waals surface area contributed by atoms with E-state index in [4.69, 9.17) is 17.3 Å². The second-order valence-electron chi connectivity index (χ2n) is 7.45. The molecule has 1 heterocycles. The lowest BCUT2D eigenvalue weighted by atomic mass is 9.76. The first-order valence-electron chi connectivity index (χ1n) is 9.38. The van der Waals surface area contributed by atoms with Gasteiger partial charge in [-0.2, -0.15) is 13.2 Å². The summed E-state index contributed by atoms with van der Waals surface area (Å²) in [6.07, 6.45) is -4.37. The molecule has 1 unspecified atom stereocenters. The summed E-state index contributed by atoms with van der Waals surface area (Å²) in [6, 6.07) is 11.8. The van der Waals surface area contributed by atoms with Crippen molar-refractivity contribution in [1.29, 1.82) is 0 Å². The van der Waals surface area contributed by atoms with Crippen LogP contribution < -0.4 is 5.73 Å². The molecule has 0 saturated carbocycles. The van der Waals surface area contributed by atoms with Crippen molar-refractivity contribution in [1.82, 2.24) is 9.88 Å². The van der Waals surface area contributed by atoms with Crippen LogP contribution in [0.3, 0.4) is 0 Å². The zero-order valence-electron chi connectivity index (χ0n) is 16.9. The summed E-state index contributed by atoms with van der Waals surface area (Å²) in [4.78, 5) is 19.3. The molecule has 0 spiro atoms. The zero-order valence-corrected chi connectivity index (χ0v) is 18.5. The van der Waals surface area contributed by atoms with E-state index in [1.165, 1.54) is 23.5 Å². The first-order valence-corrected chi connectivity index (χ1v) is 10.6. The number of halogens is 4. The highest BCUT2D eigenvalue weighted by Crippen LogP contribution is 2.41. The molecular weight excluding hydrogens is 447 g/mol. The van der Waals surface area contributed by atoms with Gasteiger partial charge in [0.15, 0.2) is 0 Å². The molecule has 1 aromatic heterocycles. The van der Waals surface area contributed by atoms with E-state index >= 15 is 0 Å². The minimum atomic E-state index is -4.55. The Morgan fingerprint density at radius 2 is 1.81 bits per heavy atom. The molecule has 4 nitrogen and oxygen atoms in total. The van der Waals surface area contributed by atoms with Crippen LogP contribution in [0, 0.1) is 0 Å². The number of carbonyl (C=O) groups is 1. The lowest BCUT2D eigenvalue weighted by molar-refractivity contribution is -0.137. The first-order chi connectivity index (χ1) is 14.5. The normalized spacial score (nSPS) is 13.9. The van der Waals surface area contributed by atoms with Crippen LogP contribution in [0.25, 0.3) is 11.3 Å². The van der Waals surface area contributed by atoms with Gasteiger partial charge < -0.3 is 10.6 Å². The highest BCUT2D eigenvalue weighted by atomic mass is 35.5. The molecule has 2 N–H and O–H groups in total. The molecular formula is C22H21ClF3N3OS. The number of nitrogens with zero attached hydrogens (tertiary/aromatic N) is 2. The first kappa shape index (κ1) is 23.2. The van der Waals surface area contributed by atoms with Gasteiger partial charge in [-0.1, -0.05) is 41.9 Å². The summed E-state index contributed by atoms with van der Waals surface area (Å²) in [5, 5.41) is 2.62. The van der Waals surface area contributed by atoms with Gasteiger partial charge in [-0.15, -0.1) is 11.3 Å². The molecule has 2 aromatic carbocycles. The van der Waals surface area contributed by atoms with Crippen LogP contribution in [0.1, 0.15) is 22.6 Å².